The molecule has 7 heteroatoms. The maximum atomic E-state index is 13.4. The summed E-state index contributed by atoms with van der Waals surface area (Å²) in [5.41, 5.74) is 2.63. The maximum Gasteiger partial charge on any atom is 0.266 e. The maximum absolute atomic E-state index is 13.4. The Morgan fingerprint density at radius 1 is 1.00 bits per heavy atom. The van der Waals surface area contributed by atoms with Gasteiger partial charge in [-0.05, 0) is 29.8 Å². The van der Waals surface area contributed by atoms with Crippen molar-refractivity contribution in [1.29, 1.82) is 5.26 Å². The lowest BCUT2D eigenvalue weighted by Crippen LogP contribution is -2.22. The number of ether oxygens (including phenoxy) is 2. The van der Waals surface area contributed by atoms with Crippen LogP contribution in [0.2, 0.25) is 0 Å². The summed E-state index contributed by atoms with van der Waals surface area (Å²) >= 11 is 1.43. The molecule has 0 aliphatic rings. The molecule has 0 saturated heterocycles. The fourth-order valence-corrected chi connectivity index (χ4v) is 4.19. The van der Waals surface area contributed by atoms with Gasteiger partial charge in [-0.25, -0.2) is 4.98 Å². The summed E-state index contributed by atoms with van der Waals surface area (Å²) in [5.74, 6) is 1.71. The van der Waals surface area contributed by atoms with Crippen LogP contribution in [0.25, 0.3) is 16.6 Å². The lowest BCUT2D eigenvalue weighted by atomic mass is 10.2. The van der Waals surface area contributed by atoms with Crippen molar-refractivity contribution in [3.63, 3.8) is 0 Å². The number of fused-ring (bicyclic) bond motifs is 1. The molecule has 6 nitrogen and oxygen atoms in total. The molecule has 0 unspecified atom stereocenters. The third kappa shape index (κ3) is 4.25. The van der Waals surface area contributed by atoms with E-state index in [0.29, 0.717) is 44.6 Å². The minimum atomic E-state index is -0.172. The van der Waals surface area contributed by atoms with Gasteiger partial charge in [0, 0.05) is 24.0 Å². The molecular formula is C24H19N3O3S. The Balaban J connectivity index is 1.86. The highest BCUT2D eigenvalue weighted by atomic mass is 32.2. The first-order chi connectivity index (χ1) is 15.1. The second-order valence-electron chi connectivity index (χ2n) is 6.72. The average molecular weight is 430 g/mol. The van der Waals surface area contributed by atoms with Crippen LogP contribution in [0.4, 0.5) is 0 Å². The second-order valence-corrected chi connectivity index (χ2v) is 7.67. The molecule has 1 heterocycles. The molecule has 0 fully saturated rings. The van der Waals surface area contributed by atoms with Gasteiger partial charge >= 0.3 is 0 Å². The first-order valence-corrected chi connectivity index (χ1v) is 10.5. The molecule has 0 aliphatic carbocycles. The molecule has 4 aromatic rings. The average Bonchev–Trinajstić information content (AvgIpc) is 2.82. The van der Waals surface area contributed by atoms with Crippen molar-refractivity contribution in [2.24, 2.45) is 0 Å². The van der Waals surface area contributed by atoms with Crippen LogP contribution in [0.5, 0.6) is 11.5 Å². The van der Waals surface area contributed by atoms with Crippen LogP contribution in [0.1, 0.15) is 11.1 Å². The minimum Gasteiger partial charge on any atom is -0.497 e. The van der Waals surface area contributed by atoms with Gasteiger partial charge in [0.05, 0.1) is 42.4 Å². The zero-order valence-electron chi connectivity index (χ0n) is 17.0. The normalized spacial score (nSPS) is 10.6. The number of nitriles is 1. The Morgan fingerprint density at radius 3 is 2.45 bits per heavy atom. The number of rotatable bonds is 6. The topological polar surface area (TPSA) is 77.1 Å². The number of methoxy groups -OCH3 is 2. The Hall–Kier alpha value is -3.76. The first kappa shape index (κ1) is 20.5. The van der Waals surface area contributed by atoms with Gasteiger partial charge in [0.1, 0.15) is 11.5 Å². The molecule has 3 aromatic carbocycles. The number of aromatic nitrogens is 2. The van der Waals surface area contributed by atoms with Crippen molar-refractivity contribution in [2.75, 3.05) is 14.2 Å². The van der Waals surface area contributed by atoms with Crippen LogP contribution in [0.3, 0.4) is 0 Å². The largest absolute Gasteiger partial charge is 0.497 e. The molecule has 0 saturated carbocycles. The summed E-state index contributed by atoms with van der Waals surface area (Å²) in [6.45, 7) is 0. The summed E-state index contributed by atoms with van der Waals surface area (Å²) in [5, 5.41) is 10.2. The van der Waals surface area contributed by atoms with Crippen molar-refractivity contribution in [1.82, 2.24) is 9.55 Å². The molecule has 0 radical (unpaired) electrons. The van der Waals surface area contributed by atoms with E-state index in [4.69, 9.17) is 19.7 Å². The van der Waals surface area contributed by atoms with Crippen LogP contribution < -0.4 is 15.0 Å². The van der Waals surface area contributed by atoms with E-state index in [1.165, 1.54) is 11.8 Å². The number of hydrogen-bond acceptors (Lipinski definition) is 6. The van der Waals surface area contributed by atoms with E-state index < -0.39 is 0 Å². The van der Waals surface area contributed by atoms with Crippen LogP contribution in [0, 0.1) is 11.3 Å². The second kappa shape index (κ2) is 8.94. The molecule has 0 N–H and O–H groups in total. The summed E-state index contributed by atoms with van der Waals surface area (Å²) in [6, 6.07) is 22.1. The number of benzene rings is 3. The summed E-state index contributed by atoms with van der Waals surface area (Å²) < 4.78 is 12.4. The number of para-hydroxylation sites is 1. The molecule has 0 spiro atoms. The predicted molar refractivity (Wildman–Crippen MR) is 121 cm³/mol. The summed E-state index contributed by atoms with van der Waals surface area (Å²) in [4.78, 5) is 18.2. The highest BCUT2D eigenvalue weighted by Gasteiger charge is 2.15. The smallest absolute Gasteiger partial charge is 0.266 e. The third-order valence-electron chi connectivity index (χ3n) is 4.76. The first-order valence-electron chi connectivity index (χ1n) is 9.50. The van der Waals surface area contributed by atoms with Crippen molar-refractivity contribution in [3.8, 4) is 23.3 Å². The molecule has 31 heavy (non-hydrogen) atoms. The Kier molecular flexibility index (Phi) is 5.92. The molecule has 0 bridgehead atoms. The number of nitrogens with zero attached hydrogens (tertiary/aromatic N) is 3. The highest BCUT2D eigenvalue weighted by Crippen LogP contribution is 2.29. The van der Waals surface area contributed by atoms with Crippen LogP contribution in [-0.4, -0.2) is 23.8 Å². The number of thioether (sulfide) groups is 1. The monoisotopic (exact) mass is 429 g/mol. The summed E-state index contributed by atoms with van der Waals surface area (Å²) in [7, 11) is 3.13. The molecule has 4 rings (SSSR count). The van der Waals surface area contributed by atoms with Gasteiger partial charge in [0.25, 0.3) is 5.56 Å². The van der Waals surface area contributed by atoms with Crippen molar-refractivity contribution in [3.05, 3.63) is 88.2 Å². The van der Waals surface area contributed by atoms with E-state index in [-0.39, 0.29) is 5.56 Å². The fourth-order valence-electron chi connectivity index (χ4n) is 3.24. The van der Waals surface area contributed by atoms with Gasteiger partial charge < -0.3 is 9.47 Å². The molecule has 0 amide bonds. The van der Waals surface area contributed by atoms with E-state index in [1.807, 2.05) is 36.4 Å². The van der Waals surface area contributed by atoms with Gasteiger partial charge in [-0.3, -0.25) is 9.36 Å². The lowest BCUT2D eigenvalue weighted by Gasteiger charge is -2.15. The van der Waals surface area contributed by atoms with Crippen LogP contribution >= 0.6 is 11.8 Å². The van der Waals surface area contributed by atoms with Gasteiger partial charge in [-0.15, -0.1) is 0 Å². The number of hydrogen-bond donors (Lipinski definition) is 0. The molecule has 1 aromatic heterocycles. The third-order valence-corrected chi connectivity index (χ3v) is 5.77. The van der Waals surface area contributed by atoms with Gasteiger partial charge in [0.2, 0.25) is 0 Å². The van der Waals surface area contributed by atoms with E-state index >= 15 is 0 Å². The van der Waals surface area contributed by atoms with Crippen molar-refractivity contribution in [2.45, 2.75) is 10.9 Å². The standard InChI is InChI=1S/C24H19N3O3S/c1-29-19-11-18(12-20(13-19)30-2)27-23(28)21-8-3-4-9-22(21)26-24(27)31-15-17-7-5-6-16(10-17)14-25/h3-13H,15H2,1-2H3. The van der Waals surface area contributed by atoms with Crippen LogP contribution in [0.15, 0.2) is 76.7 Å². The quantitative estimate of drug-likeness (QED) is 0.330. The van der Waals surface area contributed by atoms with E-state index in [0.717, 1.165) is 5.56 Å². The Bertz CT molecular complexity index is 1340. The van der Waals surface area contributed by atoms with Gasteiger partial charge in [-0.1, -0.05) is 36.0 Å². The Labute approximate surface area is 183 Å². The molecular weight excluding hydrogens is 410 g/mol. The zero-order chi connectivity index (χ0) is 21.8. The highest BCUT2D eigenvalue weighted by molar-refractivity contribution is 7.98. The van der Waals surface area contributed by atoms with Gasteiger partial charge in [0.15, 0.2) is 5.16 Å². The molecule has 0 aliphatic heterocycles. The zero-order valence-corrected chi connectivity index (χ0v) is 17.8. The minimum absolute atomic E-state index is 0.172. The fraction of sp³-hybridized carbons (Fsp3) is 0.125. The van der Waals surface area contributed by atoms with Gasteiger partial charge in [-0.2, -0.15) is 5.26 Å². The van der Waals surface area contributed by atoms with E-state index in [2.05, 4.69) is 6.07 Å². The summed E-state index contributed by atoms with van der Waals surface area (Å²) in [6.07, 6.45) is 0. The van der Waals surface area contributed by atoms with Crippen molar-refractivity contribution < 1.29 is 9.47 Å². The van der Waals surface area contributed by atoms with Crippen molar-refractivity contribution >= 4 is 22.7 Å². The van der Waals surface area contributed by atoms with E-state index in [1.54, 1.807) is 49.1 Å². The SMILES string of the molecule is COc1cc(OC)cc(-n2c(SCc3cccc(C#N)c3)nc3ccccc3c2=O)c1. The Morgan fingerprint density at radius 2 is 1.74 bits per heavy atom. The molecule has 154 valence electrons. The van der Waals surface area contributed by atoms with Crippen LogP contribution in [-0.2, 0) is 5.75 Å². The lowest BCUT2D eigenvalue weighted by molar-refractivity contribution is 0.394. The molecule has 0 atom stereocenters. The predicted octanol–water partition coefficient (Wildman–Crippen LogP) is 4.57. The van der Waals surface area contributed by atoms with E-state index in [9.17, 15) is 4.79 Å².